The summed E-state index contributed by atoms with van der Waals surface area (Å²) in [6.07, 6.45) is 2.24. The lowest BCUT2D eigenvalue weighted by Crippen LogP contribution is -2.48. The zero-order chi connectivity index (χ0) is 22.4. The van der Waals surface area contributed by atoms with Crippen molar-refractivity contribution in [2.75, 3.05) is 39.8 Å². The molecule has 2 aliphatic rings. The molecule has 2 amide bonds. The maximum atomic E-state index is 12.8. The molecule has 2 fully saturated rings. The lowest BCUT2D eigenvalue weighted by molar-refractivity contribution is -0.148. The van der Waals surface area contributed by atoms with Crippen LogP contribution in [0.3, 0.4) is 0 Å². The monoisotopic (exact) mass is 451 g/mol. The number of nitrogens with one attached hydrogen (secondary N) is 1. The lowest BCUT2D eigenvalue weighted by atomic mass is 9.97. The van der Waals surface area contributed by atoms with E-state index in [0.29, 0.717) is 45.3 Å². The number of piperidine rings is 2. The molecule has 0 spiro atoms. The first kappa shape index (κ1) is 23.2. The summed E-state index contributed by atoms with van der Waals surface area (Å²) < 4.78 is 31.7. The number of rotatable bonds is 6. The Labute approximate surface area is 182 Å². The van der Waals surface area contributed by atoms with Crippen LogP contribution in [-0.2, 0) is 29.1 Å². The Kier molecular flexibility index (Phi) is 7.66. The fraction of sp³-hybridized carbons (Fsp3) is 0.571. The van der Waals surface area contributed by atoms with Crippen LogP contribution in [0.25, 0.3) is 0 Å². The summed E-state index contributed by atoms with van der Waals surface area (Å²) in [6, 6.07) is 8.17. The number of hydrogen-bond acceptors (Lipinski definition) is 6. The number of nitrogens with zero attached hydrogens (tertiary/aromatic N) is 2. The average molecular weight is 452 g/mol. The fourth-order valence-electron chi connectivity index (χ4n) is 4.07. The van der Waals surface area contributed by atoms with E-state index < -0.39 is 15.9 Å². The van der Waals surface area contributed by atoms with Crippen LogP contribution >= 0.6 is 0 Å². The van der Waals surface area contributed by atoms with E-state index in [9.17, 15) is 22.8 Å². The molecule has 9 nitrogen and oxygen atoms in total. The van der Waals surface area contributed by atoms with Crippen molar-refractivity contribution in [1.82, 2.24) is 14.5 Å². The van der Waals surface area contributed by atoms with Gasteiger partial charge in [-0.25, -0.2) is 8.42 Å². The second-order valence-electron chi connectivity index (χ2n) is 7.91. The number of carbonyl (C=O) groups excluding carboxylic acids is 3. The van der Waals surface area contributed by atoms with E-state index >= 15 is 0 Å². The highest BCUT2D eigenvalue weighted by molar-refractivity contribution is 7.89. The van der Waals surface area contributed by atoms with Crippen molar-refractivity contribution >= 4 is 27.8 Å². The van der Waals surface area contributed by atoms with Crippen molar-refractivity contribution < 1.29 is 27.5 Å². The number of amides is 2. The zero-order valence-electron chi connectivity index (χ0n) is 17.7. The largest absolute Gasteiger partial charge is 0.469 e. The molecule has 0 saturated carbocycles. The molecule has 10 heteroatoms. The van der Waals surface area contributed by atoms with E-state index in [4.69, 9.17) is 4.74 Å². The van der Waals surface area contributed by atoms with E-state index in [-0.39, 0.29) is 41.7 Å². The molecule has 2 saturated heterocycles. The zero-order valence-corrected chi connectivity index (χ0v) is 18.5. The third-order valence-electron chi connectivity index (χ3n) is 5.93. The third-order valence-corrected chi connectivity index (χ3v) is 7.81. The van der Waals surface area contributed by atoms with Crippen LogP contribution in [0.1, 0.15) is 25.7 Å². The van der Waals surface area contributed by atoms with Gasteiger partial charge >= 0.3 is 5.97 Å². The molecule has 1 unspecified atom stereocenters. The molecule has 1 atom stereocenters. The van der Waals surface area contributed by atoms with Gasteiger partial charge in [-0.3, -0.25) is 14.4 Å². The molecule has 3 rings (SSSR count). The SMILES string of the molecule is COC(=O)C1CCN(C(=O)CNC(=O)C2CCCN(S(=O)(=O)c3ccccc3)C2)CC1. The molecule has 0 bridgehead atoms. The smallest absolute Gasteiger partial charge is 0.308 e. The Morgan fingerprint density at radius 3 is 2.35 bits per heavy atom. The Morgan fingerprint density at radius 2 is 1.71 bits per heavy atom. The molecule has 2 heterocycles. The van der Waals surface area contributed by atoms with Gasteiger partial charge in [0.15, 0.2) is 0 Å². The Morgan fingerprint density at radius 1 is 1.03 bits per heavy atom. The molecular formula is C21H29N3O6S. The number of likely N-dealkylation sites (tertiary alicyclic amines) is 1. The van der Waals surface area contributed by atoms with Crippen molar-refractivity contribution in [1.29, 1.82) is 0 Å². The number of methoxy groups -OCH3 is 1. The van der Waals surface area contributed by atoms with Crippen molar-refractivity contribution in [3.63, 3.8) is 0 Å². The number of hydrogen-bond donors (Lipinski definition) is 1. The van der Waals surface area contributed by atoms with E-state index in [1.165, 1.54) is 11.4 Å². The van der Waals surface area contributed by atoms with Gasteiger partial charge in [-0.15, -0.1) is 0 Å². The predicted octanol–water partition coefficient (Wildman–Crippen LogP) is 0.615. The summed E-state index contributed by atoms with van der Waals surface area (Å²) in [4.78, 5) is 38.5. The summed E-state index contributed by atoms with van der Waals surface area (Å²) in [5.41, 5.74) is 0. The van der Waals surface area contributed by atoms with Crippen LogP contribution in [0, 0.1) is 11.8 Å². The molecule has 170 valence electrons. The van der Waals surface area contributed by atoms with Gasteiger partial charge in [-0.1, -0.05) is 18.2 Å². The summed E-state index contributed by atoms with van der Waals surface area (Å²) in [7, 11) is -2.30. The van der Waals surface area contributed by atoms with Crippen LogP contribution in [0.2, 0.25) is 0 Å². The second-order valence-corrected chi connectivity index (χ2v) is 9.85. The van der Waals surface area contributed by atoms with Gasteiger partial charge in [-0.05, 0) is 37.8 Å². The second kappa shape index (κ2) is 10.2. The molecule has 0 aliphatic carbocycles. The molecule has 0 radical (unpaired) electrons. The first-order valence-electron chi connectivity index (χ1n) is 10.5. The fourth-order valence-corrected chi connectivity index (χ4v) is 5.61. The Balaban J connectivity index is 1.49. The molecule has 2 aliphatic heterocycles. The summed E-state index contributed by atoms with van der Waals surface area (Å²) >= 11 is 0. The van der Waals surface area contributed by atoms with E-state index in [0.717, 1.165) is 0 Å². The van der Waals surface area contributed by atoms with Crippen LogP contribution < -0.4 is 5.32 Å². The molecule has 1 N–H and O–H groups in total. The minimum atomic E-state index is -3.65. The van der Waals surface area contributed by atoms with Crippen LogP contribution in [-0.4, -0.2) is 75.2 Å². The van der Waals surface area contributed by atoms with Gasteiger partial charge < -0.3 is 15.0 Å². The molecule has 1 aromatic rings. The van der Waals surface area contributed by atoms with E-state index in [2.05, 4.69) is 5.32 Å². The van der Waals surface area contributed by atoms with Gasteiger partial charge in [0.05, 0.1) is 30.4 Å². The third kappa shape index (κ3) is 5.62. The van der Waals surface area contributed by atoms with Gasteiger partial charge in [0.2, 0.25) is 21.8 Å². The van der Waals surface area contributed by atoms with Gasteiger partial charge in [0.1, 0.15) is 0 Å². The van der Waals surface area contributed by atoms with Crippen molar-refractivity contribution in [2.24, 2.45) is 11.8 Å². The minimum absolute atomic E-state index is 0.0990. The first-order chi connectivity index (χ1) is 14.8. The van der Waals surface area contributed by atoms with Crippen LogP contribution in [0.15, 0.2) is 35.2 Å². The highest BCUT2D eigenvalue weighted by Gasteiger charge is 2.34. The average Bonchev–Trinajstić information content (AvgIpc) is 2.82. The van der Waals surface area contributed by atoms with Crippen LogP contribution in [0.5, 0.6) is 0 Å². The minimum Gasteiger partial charge on any atom is -0.469 e. The van der Waals surface area contributed by atoms with Crippen molar-refractivity contribution in [3.8, 4) is 0 Å². The Bertz CT molecular complexity index is 897. The summed E-state index contributed by atoms with van der Waals surface area (Å²) in [5, 5.41) is 2.66. The molecule has 31 heavy (non-hydrogen) atoms. The summed E-state index contributed by atoms with van der Waals surface area (Å²) in [6.45, 7) is 1.22. The maximum Gasteiger partial charge on any atom is 0.308 e. The highest BCUT2D eigenvalue weighted by Crippen LogP contribution is 2.24. The van der Waals surface area contributed by atoms with Gasteiger partial charge in [0.25, 0.3) is 0 Å². The first-order valence-corrected chi connectivity index (χ1v) is 12.0. The van der Waals surface area contributed by atoms with E-state index in [1.54, 1.807) is 35.2 Å². The molecular weight excluding hydrogens is 422 g/mol. The Hall–Kier alpha value is -2.46. The predicted molar refractivity (Wildman–Crippen MR) is 112 cm³/mol. The number of esters is 1. The van der Waals surface area contributed by atoms with Crippen molar-refractivity contribution in [2.45, 2.75) is 30.6 Å². The highest BCUT2D eigenvalue weighted by atomic mass is 32.2. The van der Waals surface area contributed by atoms with Crippen LogP contribution in [0.4, 0.5) is 0 Å². The van der Waals surface area contributed by atoms with E-state index in [1.807, 2.05) is 0 Å². The summed E-state index contributed by atoms with van der Waals surface area (Å²) in [5.74, 6) is -1.46. The van der Waals surface area contributed by atoms with Gasteiger partial charge in [0, 0.05) is 26.2 Å². The number of carbonyl (C=O) groups is 3. The number of benzene rings is 1. The topological polar surface area (TPSA) is 113 Å². The number of ether oxygens (including phenoxy) is 1. The van der Waals surface area contributed by atoms with Crippen molar-refractivity contribution in [3.05, 3.63) is 30.3 Å². The standard InChI is InChI=1S/C21H29N3O6S/c1-30-21(27)16-9-12-23(13-10-16)19(25)14-22-20(26)17-6-5-11-24(15-17)31(28,29)18-7-3-2-4-8-18/h2-4,7-8,16-17H,5-6,9-15H2,1H3,(H,22,26). The maximum absolute atomic E-state index is 12.8. The van der Waals surface area contributed by atoms with Gasteiger partial charge in [-0.2, -0.15) is 4.31 Å². The molecule has 0 aromatic heterocycles. The molecule has 1 aromatic carbocycles. The lowest BCUT2D eigenvalue weighted by Gasteiger charge is -2.32. The normalized spacial score (nSPS) is 20.8. The number of sulfonamides is 1. The quantitative estimate of drug-likeness (QED) is 0.635.